The molecule has 0 unspecified atom stereocenters. The Balaban J connectivity index is 2.37. The highest BCUT2D eigenvalue weighted by atomic mass is 16.1. The summed E-state index contributed by atoms with van der Waals surface area (Å²) in [4.78, 5) is 15.7. The predicted molar refractivity (Wildman–Crippen MR) is 67.1 cm³/mol. The second-order valence-electron chi connectivity index (χ2n) is 3.61. The first kappa shape index (κ1) is 11.1. The van der Waals surface area contributed by atoms with E-state index in [0.29, 0.717) is 11.5 Å². The molecule has 0 saturated carbocycles. The summed E-state index contributed by atoms with van der Waals surface area (Å²) in [5.74, 6) is 0.308. The van der Waals surface area contributed by atoms with E-state index in [1.807, 2.05) is 19.1 Å². The van der Waals surface area contributed by atoms with Gasteiger partial charge >= 0.3 is 0 Å². The number of nitrogens with zero attached hydrogens (tertiary/aromatic N) is 3. The maximum Gasteiger partial charge on any atom is 0.273 e. The van der Waals surface area contributed by atoms with Gasteiger partial charge in [-0.05, 0) is 30.7 Å². The van der Waals surface area contributed by atoms with Crippen molar-refractivity contribution in [3.63, 3.8) is 0 Å². The molecule has 0 fully saturated rings. The Hall–Kier alpha value is -2.43. The number of aromatic nitrogens is 2. The van der Waals surface area contributed by atoms with Gasteiger partial charge in [0, 0.05) is 12.3 Å². The average Bonchev–Trinajstić information content (AvgIpc) is 2.29. The summed E-state index contributed by atoms with van der Waals surface area (Å²) in [5, 5.41) is 4.01. The number of anilines is 1. The lowest BCUT2D eigenvalue weighted by atomic mass is 10.3. The molecule has 0 aromatic carbocycles. The highest BCUT2D eigenvalue weighted by molar-refractivity contribution is 5.76. The molecule has 5 nitrogen and oxygen atoms in total. The van der Waals surface area contributed by atoms with E-state index >= 15 is 0 Å². The molecular weight excluding hydrogens is 216 g/mol. The Morgan fingerprint density at radius 1 is 1.41 bits per heavy atom. The first-order valence-corrected chi connectivity index (χ1v) is 5.11. The van der Waals surface area contributed by atoms with Crippen LogP contribution in [0.3, 0.4) is 0 Å². The van der Waals surface area contributed by atoms with E-state index in [1.165, 1.54) is 12.3 Å². The van der Waals surface area contributed by atoms with Gasteiger partial charge in [-0.25, -0.2) is 0 Å². The van der Waals surface area contributed by atoms with E-state index in [4.69, 9.17) is 5.73 Å². The van der Waals surface area contributed by atoms with Crippen LogP contribution in [0.1, 0.15) is 11.3 Å². The average molecular weight is 228 g/mol. The van der Waals surface area contributed by atoms with E-state index in [0.717, 1.165) is 10.2 Å². The van der Waals surface area contributed by atoms with Gasteiger partial charge in [0.1, 0.15) is 5.82 Å². The van der Waals surface area contributed by atoms with Crippen LogP contribution in [-0.2, 0) is 0 Å². The lowest BCUT2D eigenvalue weighted by molar-refractivity contribution is 0.842. The third kappa shape index (κ3) is 2.57. The van der Waals surface area contributed by atoms with E-state index in [-0.39, 0.29) is 5.56 Å². The van der Waals surface area contributed by atoms with Crippen molar-refractivity contribution < 1.29 is 0 Å². The minimum atomic E-state index is -0.255. The second kappa shape index (κ2) is 4.61. The van der Waals surface area contributed by atoms with E-state index in [1.54, 1.807) is 18.3 Å². The minimum absolute atomic E-state index is 0.255. The molecule has 2 rings (SSSR count). The fourth-order valence-corrected chi connectivity index (χ4v) is 1.41. The zero-order valence-corrected chi connectivity index (χ0v) is 9.37. The largest absolute Gasteiger partial charge is 0.384 e. The zero-order valence-electron chi connectivity index (χ0n) is 9.37. The lowest BCUT2D eigenvalue weighted by Gasteiger charge is -2.03. The van der Waals surface area contributed by atoms with E-state index in [2.05, 4.69) is 10.1 Å². The number of nitrogen functional groups attached to an aromatic ring is 1. The number of hydrogen-bond donors (Lipinski definition) is 1. The fraction of sp³-hybridized carbons (Fsp3) is 0.0833. The number of aryl methyl sites for hydroxylation is 1. The summed E-state index contributed by atoms with van der Waals surface area (Å²) in [6, 6.07) is 8.61. The summed E-state index contributed by atoms with van der Waals surface area (Å²) in [5.41, 5.74) is 6.94. The molecular formula is C12H12N4O. The van der Waals surface area contributed by atoms with Crippen LogP contribution in [0.25, 0.3) is 0 Å². The first-order chi connectivity index (χ1) is 8.16. The Morgan fingerprint density at radius 3 is 2.88 bits per heavy atom. The Morgan fingerprint density at radius 2 is 2.24 bits per heavy atom. The van der Waals surface area contributed by atoms with Crippen molar-refractivity contribution >= 4 is 12.0 Å². The van der Waals surface area contributed by atoms with Crippen LogP contribution >= 0.6 is 0 Å². The molecule has 0 bridgehead atoms. The highest BCUT2D eigenvalue weighted by Gasteiger charge is 1.99. The van der Waals surface area contributed by atoms with Crippen molar-refractivity contribution in [3.8, 4) is 0 Å². The van der Waals surface area contributed by atoms with Crippen LogP contribution in [0.15, 0.2) is 46.4 Å². The standard InChI is InChI=1S/C12H12N4O/c1-9-6-11(13)16(12(17)7-9)15-8-10-4-2-3-5-14-10/h2-8H,13H2,1H3/b15-8-. The molecule has 0 spiro atoms. The van der Waals surface area contributed by atoms with Gasteiger partial charge in [-0.3, -0.25) is 9.78 Å². The summed E-state index contributed by atoms with van der Waals surface area (Å²) in [6.45, 7) is 1.81. The Kier molecular flexibility index (Phi) is 3.00. The predicted octanol–water partition coefficient (Wildman–Crippen LogP) is 1.02. The van der Waals surface area contributed by atoms with Crippen molar-refractivity contribution in [2.24, 2.45) is 5.10 Å². The Labute approximate surface area is 98.2 Å². The zero-order chi connectivity index (χ0) is 12.3. The number of pyridine rings is 2. The molecule has 0 aliphatic heterocycles. The smallest absolute Gasteiger partial charge is 0.273 e. The highest BCUT2D eigenvalue weighted by Crippen LogP contribution is 2.02. The van der Waals surface area contributed by atoms with Crippen LogP contribution < -0.4 is 11.3 Å². The SMILES string of the molecule is Cc1cc(N)n(/N=C\c2ccccn2)c(=O)c1. The number of nitrogens with two attached hydrogens (primary N) is 1. The molecule has 0 atom stereocenters. The van der Waals surface area contributed by atoms with E-state index < -0.39 is 0 Å². The molecule has 0 aliphatic rings. The van der Waals surface area contributed by atoms with Crippen LogP contribution in [-0.4, -0.2) is 15.9 Å². The minimum Gasteiger partial charge on any atom is -0.384 e. The molecule has 0 saturated heterocycles. The van der Waals surface area contributed by atoms with Crippen LogP contribution in [0.5, 0.6) is 0 Å². The van der Waals surface area contributed by atoms with Crippen LogP contribution in [0, 0.1) is 6.92 Å². The molecule has 2 aromatic heterocycles. The van der Waals surface area contributed by atoms with Gasteiger partial charge in [-0.2, -0.15) is 9.78 Å². The first-order valence-electron chi connectivity index (χ1n) is 5.11. The van der Waals surface area contributed by atoms with Gasteiger partial charge in [-0.15, -0.1) is 0 Å². The number of rotatable bonds is 2. The van der Waals surface area contributed by atoms with Gasteiger partial charge in [-0.1, -0.05) is 6.07 Å². The van der Waals surface area contributed by atoms with E-state index in [9.17, 15) is 4.79 Å². The normalized spacial score (nSPS) is 10.9. The monoisotopic (exact) mass is 228 g/mol. The van der Waals surface area contributed by atoms with Crippen molar-refractivity contribution in [2.75, 3.05) is 5.73 Å². The van der Waals surface area contributed by atoms with Crippen molar-refractivity contribution in [2.45, 2.75) is 6.92 Å². The molecule has 5 heteroatoms. The third-order valence-corrected chi connectivity index (χ3v) is 2.17. The summed E-state index contributed by atoms with van der Waals surface area (Å²) < 4.78 is 1.14. The van der Waals surface area contributed by atoms with Gasteiger partial charge in [0.15, 0.2) is 0 Å². The van der Waals surface area contributed by atoms with Crippen molar-refractivity contribution in [3.05, 3.63) is 58.1 Å². The van der Waals surface area contributed by atoms with Crippen molar-refractivity contribution in [1.82, 2.24) is 9.66 Å². The summed E-state index contributed by atoms with van der Waals surface area (Å²) in [6.07, 6.45) is 3.15. The molecule has 86 valence electrons. The topological polar surface area (TPSA) is 73.3 Å². The Bertz CT molecular complexity index is 602. The molecule has 0 amide bonds. The maximum atomic E-state index is 11.6. The van der Waals surface area contributed by atoms with Crippen LogP contribution in [0.4, 0.5) is 5.82 Å². The molecule has 2 N–H and O–H groups in total. The lowest BCUT2D eigenvalue weighted by Crippen LogP contribution is -2.19. The molecule has 2 heterocycles. The quantitative estimate of drug-likeness (QED) is 0.780. The van der Waals surface area contributed by atoms with Gasteiger partial charge < -0.3 is 5.73 Å². The second-order valence-corrected chi connectivity index (χ2v) is 3.61. The van der Waals surface area contributed by atoms with Gasteiger partial charge in [0.05, 0.1) is 11.9 Å². The summed E-state index contributed by atoms with van der Waals surface area (Å²) in [7, 11) is 0. The number of hydrogen-bond acceptors (Lipinski definition) is 4. The maximum absolute atomic E-state index is 11.6. The van der Waals surface area contributed by atoms with Gasteiger partial charge in [0.25, 0.3) is 5.56 Å². The third-order valence-electron chi connectivity index (χ3n) is 2.17. The summed E-state index contributed by atoms with van der Waals surface area (Å²) >= 11 is 0. The molecule has 0 aliphatic carbocycles. The van der Waals surface area contributed by atoms with Gasteiger partial charge in [0.2, 0.25) is 0 Å². The fourth-order valence-electron chi connectivity index (χ4n) is 1.41. The molecule has 17 heavy (non-hydrogen) atoms. The van der Waals surface area contributed by atoms with Crippen molar-refractivity contribution in [1.29, 1.82) is 0 Å². The van der Waals surface area contributed by atoms with Crippen LogP contribution in [0.2, 0.25) is 0 Å². The molecule has 2 aromatic rings. The molecule has 0 radical (unpaired) electrons.